The van der Waals surface area contributed by atoms with Gasteiger partial charge in [-0.3, -0.25) is 4.79 Å². The molecule has 0 saturated carbocycles. The van der Waals surface area contributed by atoms with Gasteiger partial charge in [-0.1, -0.05) is 18.2 Å². The predicted octanol–water partition coefficient (Wildman–Crippen LogP) is 3.96. The minimum atomic E-state index is -0.267. The van der Waals surface area contributed by atoms with Crippen LogP contribution < -0.4 is 20.1 Å². The first kappa shape index (κ1) is 18.3. The van der Waals surface area contributed by atoms with Crippen LogP contribution in [0.2, 0.25) is 0 Å². The van der Waals surface area contributed by atoms with Crippen molar-refractivity contribution < 1.29 is 14.3 Å². The number of methoxy groups -OCH3 is 2. The van der Waals surface area contributed by atoms with Crippen molar-refractivity contribution in [1.82, 2.24) is 4.98 Å². The molecule has 2 aromatic carbocycles. The number of hydrogen-bond acceptors (Lipinski definition) is 5. The number of amides is 1. The lowest BCUT2D eigenvalue weighted by Gasteiger charge is -2.10. The van der Waals surface area contributed by atoms with Gasteiger partial charge in [0.25, 0.3) is 5.91 Å². The fourth-order valence-electron chi connectivity index (χ4n) is 2.55. The Labute approximate surface area is 158 Å². The van der Waals surface area contributed by atoms with E-state index in [0.717, 1.165) is 22.7 Å². The molecule has 138 valence electrons. The predicted molar refractivity (Wildman–Crippen MR) is 106 cm³/mol. The minimum Gasteiger partial charge on any atom is -0.497 e. The Morgan fingerprint density at radius 1 is 0.926 bits per heavy atom. The number of carbonyl (C=O) groups excluding carboxylic acids is 1. The Bertz CT molecular complexity index is 893. The second-order valence-electron chi connectivity index (χ2n) is 5.78. The first-order valence-corrected chi connectivity index (χ1v) is 8.47. The van der Waals surface area contributed by atoms with Gasteiger partial charge in [0.1, 0.15) is 17.2 Å². The Hall–Kier alpha value is -3.54. The molecule has 0 spiro atoms. The lowest BCUT2D eigenvalue weighted by atomic mass is 10.2. The second kappa shape index (κ2) is 8.71. The molecule has 1 amide bonds. The van der Waals surface area contributed by atoms with Gasteiger partial charge in [-0.15, -0.1) is 0 Å². The molecule has 1 heterocycles. The molecule has 0 aliphatic carbocycles. The van der Waals surface area contributed by atoms with Crippen LogP contribution in [-0.2, 0) is 6.54 Å². The van der Waals surface area contributed by atoms with Crippen LogP contribution in [0.3, 0.4) is 0 Å². The molecule has 6 heteroatoms. The van der Waals surface area contributed by atoms with Gasteiger partial charge >= 0.3 is 0 Å². The van der Waals surface area contributed by atoms with Gasteiger partial charge in [0.05, 0.1) is 26.1 Å². The van der Waals surface area contributed by atoms with Crippen molar-refractivity contribution in [3.63, 3.8) is 0 Å². The summed E-state index contributed by atoms with van der Waals surface area (Å²) in [6.07, 6.45) is 1.64. The summed E-state index contributed by atoms with van der Waals surface area (Å²) < 4.78 is 10.4. The number of nitrogens with zero attached hydrogens (tertiary/aromatic N) is 1. The number of rotatable bonds is 7. The van der Waals surface area contributed by atoms with Crippen LogP contribution in [0.25, 0.3) is 0 Å². The highest BCUT2D eigenvalue weighted by Crippen LogP contribution is 2.19. The lowest BCUT2D eigenvalue weighted by molar-refractivity contribution is 0.102. The zero-order chi connectivity index (χ0) is 19.1. The SMILES string of the molecule is COc1ccc(NC(=O)c2ccc(NCc3ccccc3OC)cn2)cc1. The zero-order valence-electron chi connectivity index (χ0n) is 15.2. The standard InChI is InChI=1S/C21H21N3O3/c1-26-18-10-7-16(8-11-18)24-21(25)19-12-9-17(14-23-19)22-13-15-5-3-4-6-20(15)27-2/h3-12,14,22H,13H2,1-2H3,(H,24,25). The largest absolute Gasteiger partial charge is 0.497 e. The summed E-state index contributed by atoms with van der Waals surface area (Å²) in [5.41, 5.74) is 2.89. The van der Waals surface area contributed by atoms with E-state index >= 15 is 0 Å². The summed E-state index contributed by atoms with van der Waals surface area (Å²) >= 11 is 0. The molecule has 0 radical (unpaired) electrons. The molecule has 2 N–H and O–H groups in total. The molecule has 0 unspecified atom stereocenters. The molecule has 3 rings (SSSR count). The van der Waals surface area contributed by atoms with Crippen LogP contribution in [0.15, 0.2) is 66.9 Å². The number of ether oxygens (including phenoxy) is 2. The zero-order valence-corrected chi connectivity index (χ0v) is 15.2. The maximum absolute atomic E-state index is 12.3. The van der Waals surface area contributed by atoms with Crippen molar-refractivity contribution >= 4 is 17.3 Å². The molecule has 0 aliphatic heterocycles. The first-order chi connectivity index (χ1) is 13.2. The highest BCUT2D eigenvalue weighted by Gasteiger charge is 2.08. The highest BCUT2D eigenvalue weighted by molar-refractivity contribution is 6.02. The summed E-state index contributed by atoms with van der Waals surface area (Å²) in [5.74, 6) is 1.29. The van der Waals surface area contributed by atoms with Crippen LogP contribution in [-0.4, -0.2) is 25.1 Å². The lowest BCUT2D eigenvalue weighted by Crippen LogP contribution is -2.13. The third-order valence-electron chi connectivity index (χ3n) is 4.02. The van der Waals surface area contributed by atoms with E-state index in [1.54, 1.807) is 50.7 Å². The Morgan fingerprint density at radius 2 is 1.67 bits per heavy atom. The third-order valence-corrected chi connectivity index (χ3v) is 4.02. The third kappa shape index (κ3) is 4.76. The summed E-state index contributed by atoms with van der Waals surface area (Å²) in [4.78, 5) is 16.5. The number of para-hydroxylation sites is 1. The van der Waals surface area contributed by atoms with Crippen LogP contribution >= 0.6 is 0 Å². The van der Waals surface area contributed by atoms with E-state index in [1.165, 1.54) is 0 Å². The van der Waals surface area contributed by atoms with Crippen molar-refractivity contribution in [2.75, 3.05) is 24.9 Å². The maximum Gasteiger partial charge on any atom is 0.274 e. The van der Waals surface area contributed by atoms with Gasteiger partial charge in [0.15, 0.2) is 0 Å². The van der Waals surface area contributed by atoms with E-state index in [4.69, 9.17) is 9.47 Å². The Balaban J connectivity index is 1.59. The quantitative estimate of drug-likeness (QED) is 0.665. The van der Waals surface area contributed by atoms with Crippen LogP contribution in [0, 0.1) is 0 Å². The van der Waals surface area contributed by atoms with E-state index in [0.29, 0.717) is 17.9 Å². The van der Waals surface area contributed by atoms with Crippen molar-refractivity contribution in [2.24, 2.45) is 0 Å². The average Bonchev–Trinajstić information content (AvgIpc) is 2.73. The summed E-state index contributed by atoms with van der Waals surface area (Å²) in [6, 6.07) is 18.4. The molecular weight excluding hydrogens is 342 g/mol. The fraction of sp³-hybridized carbons (Fsp3) is 0.143. The topological polar surface area (TPSA) is 72.5 Å². The number of aromatic nitrogens is 1. The van der Waals surface area contributed by atoms with Crippen molar-refractivity contribution in [2.45, 2.75) is 6.54 Å². The van der Waals surface area contributed by atoms with Gasteiger partial charge in [0, 0.05) is 17.8 Å². The smallest absolute Gasteiger partial charge is 0.274 e. The van der Waals surface area contributed by atoms with Gasteiger partial charge in [-0.25, -0.2) is 4.98 Å². The highest BCUT2D eigenvalue weighted by atomic mass is 16.5. The molecule has 3 aromatic rings. The molecule has 0 bridgehead atoms. The van der Waals surface area contributed by atoms with Crippen molar-refractivity contribution in [1.29, 1.82) is 0 Å². The second-order valence-corrected chi connectivity index (χ2v) is 5.78. The molecule has 1 aromatic heterocycles. The van der Waals surface area contributed by atoms with Crippen LogP contribution in [0.4, 0.5) is 11.4 Å². The minimum absolute atomic E-state index is 0.267. The van der Waals surface area contributed by atoms with Crippen molar-refractivity contribution in [3.05, 3.63) is 78.1 Å². The molecule has 0 saturated heterocycles. The Morgan fingerprint density at radius 3 is 2.33 bits per heavy atom. The fourth-order valence-corrected chi connectivity index (χ4v) is 2.55. The monoisotopic (exact) mass is 363 g/mol. The number of nitrogens with one attached hydrogen (secondary N) is 2. The molecular formula is C21H21N3O3. The van der Waals surface area contributed by atoms with E-state index in [2.05, 4.69) is 15.6 Å². The normalized spacial score (nSPS) is 10.1. The number of hydrogen-bond donors (Lipinski definition) is 2. The number of anilines is 2. The maximum atomic E-state index is 12.3. The van der Waals surface area contributed by atoms with Gasteiger partial charge in [-0.2, -0.15) is 0 Å². The van der Waals surface area contributed by atoms with Gasteiger partial charge in [-0.05, 0) is 42.5 Å². The molecule has 0 atom stereocenters. The number of benzene rings is 2. The summed E-state index contributed by atoms with van der Waals surface area (Å²) in [6.45, 7) is 0.600. The van der Waals surface area contributed by atoms with E-state index < -0.39 is 0 Å². The van der Waals surface area contributed by atoms with Gasteiger partial charge < -0.3 is 20.1 Å². The average molecular weight is 363 g/mol. The van der Waals surface area contributed by atoms with Gasteiger partial charge in [0.2, 0.25) is 0 Å². The molecule has 27 heavy (non-hydrogen) atoms. The first-order valence-electron chi connectivity index (χ1n) is 8.47. The van der Waals surface area contributed by atoms with E-state index in [9.17, 15) is 4.79 Å². The summed E-state index contributed by atoms with van der Waals surface area (Å²) in [7, 11) is 3.25. The van der Waals surface area contributed by atoms with Crippen molar-refractivity contribution in [3.8, 4) is 11.5 Å². The van der Waals surface area contributed by atoms with Crippen LogP contribution in [0.1, 0.15) is 16.1 Å². The summed E-state index contributed by atoms with van der Waals surface area (Å²) in [5, 5.41) is 6.08. The molecule has 0 fully saturated rings. The van der Waals surface area contributed by atoms with E-state index in [1.807, 2.05) is 30.3 Å². The number of pyridine rings is 1. The molecule has 6 nitrogen and oxygen atoms in total. The Kier molecular flexibility index (Phi) is 5.89. The molecule has 0 aliphatic rings. The van der Waals surface area contributed by atoms with Crippen LogP contribution in [0.5, 0.6) is 11.5 Å². The number of carbonyl (C=O) groups is 1. The van der Waals surface area contributed by atoms with E-state index in [-0.39, 0.29) is 5.91 Å².